The molecule has 2 saturated carbocycles. The van der Waals surface area contributed by atoms with E-state index in [-0.39, 0.29) is 17.4 Å². The summed E-state index contributed by atoms with van der Waals surface area (Å²) in [4.78, 5) is 2.90. The van der Waals surface area contributed by atoms with Crippen LogP contribution in [0.2, 0.25) is 0 Å². The van der Waals surface area contributed by atoms with Gasteiger partial charge in [0.1, 0.15) is 11.9 Å². The minimum atomic E-state index is 0.0877. The van der Waals surface area contributed by atoms with Crippen LogP contribution in [0.5, 0.6) is 0 Å². The molecule has 0 bridgehead atoms. The van der Waals surface area contributed by atoms with Gasteiger partial charge in [-0.2, -0.15) is 0 Å². The lowest BCUT2D eigenvalue weighted by atomic mass is 9.53. The maximum atomic E-state index is 6.75. The third-order valence-corrected chi connectivity index (χ3v) is 16.9. The molecule has 0 saturated heterocycles. The van der Waals surface area contributed by atoms with Crippen molar-refractivity contribution in [3.05, 3.63) is 192 Å². The third-order valence-electron chi connectivity index (χ3n) is 16.9. The van der Waals surface area contributed by atoms with Gasteiger partial charge >= 0.3 is 0 Å². The minimum Gasteiger partial charge on any atom is -0.485 e. The first kappa shape index (κ1) is 34.5. The van der Waals surface area contributed by atoms with Crippen molar-refractivity contribution in [1.82, 2.24) is 4.90 Å². The molecule has 1 aliphatic heterocycles. The summed E-state index contributed by atoms with van der Waals surface area (Å²) < 4.78 is 6.75. The van der Waals surface area contributed by atoms with E-state index in [2.05, 4.69) is 163 Å². The highest BCUT2D eigenvalue weighted by Crippen LogP contribution is 2.75. The first-order chi connectivity index (χ1) is 28.3. The highest BCUT2D eigenvalue weighted by Gasteiger charge is 2.70. The maximum absolute atomic E-state index is 6.75. The Balaban J connectivity index is 0.965. The van der Waals surface area contributed by atoms with E-state index in [1.165, 1.54) is 48.9 Å². The van der Waals surface area contributed by atoms with Crippen LogP contribution in [-0.4, -0.2) is 17.0 Å². The van der Waals surface area contributed by atoms with Crippen LogP contribution in [0.15, 0.2) is 186 Å². The lowest BCUT2D eigenvalue weighted by Gasteiger charge is -2.52. The monoisotopic (exact) mass is 747 g/mol. The predicted octanol–water partition coefficient (Wildman–Crippen LogP) is 12.6. The van der Waals surface area contributed by atoms with Crippen molar-refractivity contribution in [2.45, 2.75) is 75.9 Å². The molecule has 288 valence electrons. The lowest BCUT2D eigenvalue weighted by molar-refractivity contribution is 0.00330. The molecule has 0 N–H and O–H groups in total. The van der Waals surface area contributed by atoms with Gasteiger partial charge in [-0.15, -0.1) is 0 Å². The Kier molecular flexibility index (Phi) is 8.34. The summed E-state index contributed by atoms with van der Waals surface area (Å²) in [6.07, 6.45) is 62.9. The Morgan fingerprint density at radius 2 is 1.60 bits per heavy atom. The summed E-state index contributed by atoms with van der Waals surface area (Å²) in [7, 11) is 0. The Bertz CT molecular complexity index is 2210. The molecule has 12 rings (SSSR count). The molecule has 1 heterocycles. The molecule has 14 atom stereocenters. The van der Waals surface area contributed by atoms with Crippen LogP contribution < -0.4 is 0 Å². The van der Waals surface area contributed by atoms with Crippen LogP contribution in [0.1, 0.15) is 69.3 Å². The molecule has 1 spiro atoms. The van der Waals surface area contributed by atoms with E-state index in [1.54, 1.807) is 11.3 Å². The lowest BCUT2D eigenvalue weighted by Crippen LogP contribution is -2.48. The first-order valence-corrected chi connectivity index (χ1v) is 22.7. The maximum Gasteiger partial charge on any atom is 0.129 e. The van der Waals surface area contributed by atoms with Crippen LogP contribution in [0.25, 0.3) is 0 Å². The van der Waals surface area contributed by atoms with Gasteiger partial charge in [0.15, 0.2) is 0 Å². The first-order valence-electron chi connectivity index (χ1n) is 22.7. The van der Waals surface area contributed by atoms with Gasteiger partial charge in [-0.3, -0.25) is 0 Å². The molecule has 2 nitrogen and oxygen atoms in total. The highest BCUT2D eigenvalue weighted by atomic mass is 16.5. The van der Waals surface area contributed by atoms with Crippen LogP contribution in [0.4, 0.5) is 0 Å². The largest absolute Gasteiger partial charge is 0.485 e. The van der Waals surface area contributed by atoms with E-state index in [4.69, 9.17) is 4.74 Å². The standard InChI is InChI=1S/C55H57NO/c1-3-14-36(15-4-1)38-26-29-40(30-27-38)56(51-23-13-25-53-54(51)46-20-9-12-24-52(46)57-53)41-31-33-45-43-19-8-11-22-48(43)55(50(45)35-41)47-21-10-7-18-42(47)44-32-28-39(34-49(44)55)37-16-5-2-6-17-37/h1-8,10-16,18-19,22-25,28-29,31-33,37-39,41,43-45,47-50,53-54H,9,17,20-21,26-27,30,34-35H2. The van der Waals surface area contributed by atoms with Crippen molar-refractivity contribution in [2.75, 3.05) is 0 Å². The molecular weight excluding hydrogens is 691 g/mol. The van der Waals surface area contributed by atoms with E-state index in [0.717, 1.165) is 31.4 Å². The topological polar surface area (TPSA) is 12.5 Å². The molecule has 0 amide bonds. The van der Waals surface area contributed by atoms with Gasteiger partial charge in [-0.1, -0.05) is 145 Å². The van der Waals surface area contributed by atoms with Gasteiger partial charge in [-0.25, -0.2) is 0 Å². The van der Waals surface area contributed by atoms with Crippen molar-refractivity contribution in [3.8, 4) is 0 Å². The fourth-order valence-electron chi connectivity index (χ4n) is 14.7. The van der Waals surface area contributed by atoms with Gasteiger partial charge in [0.2, 0.25) is 0 Å². The average Bonchev–Trinajstić information content (AvgIpc) is 3.91. The smallest absolute Gasteiger partial charge is 0.129 e. The summed E-state index contributed by atoms with van der Waals surface area (Å²) in [5.74, 6) is 7.40. The second kappa shape index (κ2) is 13.8. The summed E-state index contributed by atoms with van der Waals surface area (Å²) in [5, 5.41) is 0. The van der Waals surface area contributed by atoms with Crippen LogP contribution >= 0.6 is 0 Å². The van der Waals surface area contributed by atoms with Crippen molar-refractivity contribution < 1.29 is 4.74 Å². The van der Waals surface area contributed by atoms with Crippen molar-refractivity contribution in [3.63, 3.8) is 0 Å². The molecule has 57 heavy (non-hydrogen) atoms. The zero-order valence-corrected chi connectivity index (χ0v) is 33.2. The van der Waals surface area contributed by atoms with E-state index in [0.29, 0.717) is 65.2 Å². The van der Waals surface area contributed by atoms with Gasteiger partial charge in [0.05, 0.1) is 12.0 Å². The van der Waals surface area contributed by atoms with Gasteiger partial charge in [-0.05, 0) is 146 Å². The fourth-order valence-corrected chi connectivity index (χ4v) is 14.7. The number of allylic oxidation sites excluding steroid dienone is 21. The normalized spacial score (nSPS) is 42.5. The van der Waals surface area contributed by atoms with Gasteiger partial charge in [0, 0.05) is 17.3 Å². The number of nitrogens with zero attached hydrogens (tertiary/aromatic N) is 1. The fraction of sp³-hybridized carbons (Fsp3) is 0.418. The Hall–Kier alpha value is -4.56. The Morgan fingerprint density at radius 3 is 2.49 bits per heavy atom. The molecule has 1 aromatic carbocycles. The zero-order valence-electron chi connectivity index (χ0n) is 33.2. The van der Waals surface area contributed by atoms with Gasteiger partial charge in [0.25, 0.3) is 0 Å². The number of hydrogen-bond donors (Lipinski definition) is 0. The number of fused-ring (bicyclic) bond motifs is 12. The average molecular weight is 748 g/mol. The Labute approximate surface area is 340 Å². The predicted molar refractivity (Wildman–Crippen MR) is 232 cm³/mol. The zero-order chi connectivity index (χ0) is 37.5. The summed E-state index contributed by atoms with van der Waals surface area (Å²) in [6.45, 7) is 0. The van der Waals surface area contributed by atoms with E-state index >= 15 is 0 Å². The second-order valence-electron chi connectivity index (χ2n) is 19.1. The summed E-state index contributed by atoms with van der Waals surface area (Å²) in [5.41, 5.74) is 8.01. The van der Waals surface area contributed by atoms with Crippen molar-refractivity contribution >= 4 is 0 Å². The molecule has 1 aromatic rings. The highest BCUT2D eigenvalue weighted by molar-refractivity contribution is 5.46. The number of hydrogen-bond acceptors (Lipinski definition) is 2. The van der Waals surface area contributed by atoms with Crippen LogP contribution in [-0.2, 0) is 4.74 Å². The molecule has 2 fully saturated rings. The molecule has 10 aliphatic carbocycles. The van der Waals surface area contributed by atoms with Crippen molar-refractivity contribution in [1.29, 1.82) is 0 Å². The molecule has 14 unspecified atom stereocenters. The van der Waals surface area contributed by atoms with E-state index < -0.39 is 0 Å². The van der Waals surface area contributed by atoms with E-state index in [9.17, 15) is 0 Å². The van der Waals surface area contributed by atoms with Crippen LogP contribution in [0, 0.1) is 64.6 Å². The molecule has 0 radical (unpaired) electrons. The van der Waals surface area contributed by atoms with Crippen LogP contribution in [0.3, 0.4) is 0 Å². The molecular formula is C55H57NO. The Morgan fingerprint density at radius 1 is 0.684 bits per heavy atom. The third kappa shape index (κ3) is 5.27. The summed E-state index contributed by atoms with van der Waals surface area (Å²) in [6, 6.07) is 11.6. The van der Waals surface area contributed by atoms with E-state index in [1.807, 2.05) is 0 Å². The second-order valence-corrected chi connectivity index (χ2v) is 19.1. The summed E-state index contributed by atoms with van der Waals surface area (Å²) >= 11 is 0. The number of ether oxygens (including phenoxy) is 1. The van der Waals surface area contributed by atoms with Gasteiger partial charge < -0.3 is 9.64 Å². The molecule has 11 aliphatic rings. The van der Waals surface area contributed by atoms with Crippen molar-refractivity contribution in [2.24, 2.45) is 64.6 Å². The number of benzene rings is 1. The SMILES string of the molecule is C1=CCC(C2C=CC3C4=CC=CCC4C4(C5C=CC=CC5C5C=CC(N(C6=CCC(c7ccccc7)CC6)C6=CC=CC7OC8=C(CCC=C8)C67)CC54)C3C2)C=C1. The quantitative estimate of drug-likeness (QED) is 0.278. The molecule has 0 aromatic heterocycles. The number of rotatable bonds is 5. The molecule has 2 heteroatoms. The minimum absolute atomic E-state index is 0.0877.